The van der Waals surface area contributed by atoms with Crippen LogP contribution in [0, 0.1) is 0 Å². The van der Waals surface area contributed by atoms with Crippen LogP contribution >= 0.6 is 0 Å². The first-order valence-electron chi connectivity index (χ1n) is 7.27. The monoisotopic (exact) mass is 262 g/mol. The molecule has 1 aromatic carbocycles. The van der Waals surface area contributed by atoms with Crippen molar-refractivity contribution in [3.05, 3.63) is 29.8 Å². The lowest BCUT2D eigenvalue weighted by Crippen LogP contribution is -2.45. The Kier molecular flexibility index (Phi) is 5.23. The van der Waals surface area contributed by atoms with Gasteiger partial charge in [0.2, 0.25) is 0 Å². The fourth-order valence-electron chi connectivity index (χ4n) is 2.91. The molecule has 0 aromatic heterocycles. The predicted octanol–water partition coefficient (Wildman–Crippen LogP) is 2.31. The molecular weight excluding hydrogens is 236 g/mol. The zero-order valence-corrected chi connectivity index (χ0v) is 12.4. The Hall–Kier alpha value is -1.06. The molecule has 0 spiro atoms. The molecule has 1 unspecified atom stereocenters. The largest absolute Gasteiger partial charge is 0.496 e. The molecule has 1 heterocycles. The summed E-state index contributed by atoms with van der Waals surface area (Å²) in [4.78, 5) is 2.54. The summed E-state index contributed by atoms with van der Waals surface area (Å²) in [5.74, 6) is 1.01. The van der Waals surface area contributed by atoms with Crippen LogP contribution in [0.25, 0.3) is 0 Å². The molecule has 0 saturated carbocycles. The zero-order chi connectivity index (χ0) is 13.7. The third-order valence-corrected chi connectivity index (χ3v) is 4.29. The Labute approximate surface area is 116 Å². The Bertz CT molecular complexity index is 388. The minimum Gasteiger partial charge on any atom is -0.496 e. The van der Waals surface area contributed by atoms with Crippen LogP contribution in [-0.4, -0.2) is 44.2 Å². The molecule has 1 aliphatic rings. The number of hydrogen-bond acceptors (Lipinski definition) is 3. The van der Waals surface area contributed by atoms with E-state index in [1.165, 1.54) is 18.4 Å². The summed E-state index contributed by atoms with van der Waals surface area (Å²) in [6.45, 7) is 4.61. The van der Waals surface area contributed by atoms with E-state index >= 15 is 0 Å². The van der Waals surface area contributed by atoms with Crippen molar-refractivity contribution in [2.45, 2.75) is 38.3 Å². The lowest BCUT2D eigenvalue weighted by molar-refractivity contribution is 0.151. The van der Waals surface area contributed by atoms with Crippen LogP contribution in [0.3, 0.4) is 0 Å². The first-order chi connectivity index (χ1) is 9.22. The molecule has 1 N–H and O–H groups in total. The van der Waals surface area contributed by atoms with Crippen LogP contribution in [-0.2, 0) is 6.42 Å². The van der Waals surface area contributed by atoms with E-state index in [2.05, 4.69) is 36.3 Å². The molecule has 1 fully saturated rings. The van der Waals surface area contributed by atoms with Crippen molar-refractivity contribution in [1.82, 2.24) is 10.2 Å². The molecule has 2 rings (SSSR count). The number of para-hydroxylation sites is 1. The predicted molar refractivity (Wildman–Crippen MR) is 79.8 cm³/mol. The molecular formula is C16H26N2O. The minimum atomic E-state index is 0.541. The van der Waals surface area contributed by atoms with Crippen molar-refractivity contribution >= 4 is 0 Å². The van der Waals surface area contributed by atoms with Crippen molar-refractivity contribution in [2.24, 2.45) is 0 Å². The number of benzene rings is 1. The maximum Gasteiger partial charge on any atom is 0.122 e. The SMILES string of the molecule is COc1ccccc1CC(C)N(C)C1CCNCC1. The highest BCUT2D eigenvalue weighted by Gasteiger charge is 2.22. The summed E-state index contributed by atoms with van der Waals surface area (Å²) in [5, 5.41) is 3.43. The summed E-state index contributed by atoms with van der Waals surface area (Å²) >= 11 is 0. The highest BCUT2D eigenvalue weighted by Crippen LogP contribution is 2.22. The van der Waals surface area contributed by atoms with Gasteiger partial charge in [0.1, 0.15) is 5.75 Å². The molecule has 106 valence electrons. The van der Waals surface area contributed by atoms with Crippen LogP contribution < -0.4 is 10.1 Å². The van der Waals surface area contributed by atoms with Gasteiger partial charge in [0.05, 0.1) is 7.11 Å². The van der Waals surface area contributed by atoms with Crippen LogP contribution in [0.1, 0.15) is 25.3 Å². The molecule has 1 aliphatic heterocycles. The van der Waals surface area contributed by atoms with Gasteiger partial charge in [0, 0.05) is 12.1 Å². The number of methoxy groups -OCH3 is 1. The Morgan fingerprint density at radius 1 is 1.32 bits per heavy atom. The maximum absolute atomic E-state index is 5.44. The van der Waals surface area contributed by atoms with Crippen molar-refractivity contribution in [2.75, 3.05) is 27.2 Å². The number of hydrogen-bond donors (Lipinski definition) is 1. The first-order valence-corrected chi connectivity index (χ1v) is 7.27. The van der Waals surface area contributed by atoms with Gasteiger partial charge >= 0.3 is 0 Å². The van der Waals surface area contributed by atoms with E-state index in [1.807, 2.05) is 12.1 Å². The average Bonchev–Trinajstić information content (AvgIpc) is 2.48. The fourth-order valence-corrected chi connectivity index (χ4v) is 2.91. The van der Waals surface area contributed by atoms with Crippen molar-refractivity contribution < 1.29 is 4.74 Å². The van der Waals surface area contributed by atoms with Gasteiger partial charge < -0.3 is 15.0 Å². The molecule has 1 atom stereocenters. The summed E-state index contributed by atoms with van der Waals surface area (Å²) in [6, 6.07) is 9.60. The Morgan fingerprint density at radius 3 is 2.68 bits per heavy atom. The lowest BCUT2D eigenvalue weighted by Gasteiger charge is -2.36. The second-order valence-electron chi connectivity index (χ2n) is 5.51. The van der Waals surface area contributed by atoms with Gasteiger partial charge in [-0.2, -0.15) is 0 Å². The molecule has 0 radical (unpaired) electrons. The number of rotatable bonds is 5. The normalized spacial score (nSPS) is 18.5. The molecule has 1 aromatic rings. The van der Waals surface area contributed by atoms with E-state index in [1.54, 1.807) is 7.11 Å². The topological polar surface area (TPSA) is 24.5 Å². The van der Waals surface area contributed by atoms with E-state index < -0.39 is 0 Å². The highest BCUT2D eigenvalue weighted by atomic mass is 16.5. The van der Waals surface area contributed by atoms with Gasteiger partial charge in [-0.05, 0) is 58.0 Å². The fraction of sp³-hybridized carbons (Fsp3) is 0.625. The van der Waals surface area contributed by atoms with E-state index in [0.717, 1.165) is 25.3 Å². The van der Waals surface area contributed by atoms with E-state index in [4.69, 9.17) is 4.74 Å². The molecule has 3 heteroatoms. The maximum atomic E-state index is 5.44. The molecule has 0 aliphatic carbocycles. The lowest BCUT2D eigenvalue weighted by atomic mass is 10.00. The van der Waals surface area contributed by atoms with Gasteiger partial charge in [-0.15, -0.1) is 0 Å². The van der Waals surface area contributed by atoms with Crippen LogP contribution in [0.2, 0.25) is 0 Å². The highest BCUT2D eigenvalue weighted by molar-refractivity contribution is 5.33. The molecule has 19 heavy (non-hydrogen) atoms. The van der Waals surface area contributed by atoms with E-state index in [9.17, 15) is 0 Å². The van der Waals surface area contributed by atoms with Gasteiger partial charge in [-0.25, -0.2) is 0 Å². The van der Waals surface area contributed by atoms with E-state index in [0.29, 0.717) is 12.1 Å². The minimum absolute atomic E-state index is 0.541. The van der Waals surface area contributed by atoms with Gasteiger partial charge in [-0.1, -0.05) is 18.2 Å². The Balaban J connectivity index is 1.97. The van der Waals surface area contributed by atoms with Crippen LogP contribution in [0.5, 0.6) is 5.75 Å². The number of likely N-dealkylation sites (N-methyl/N-ethyl adjacent to an activating group) is 1. The molecule has 0 amide bonds. The number of nitrogens with zero attached hydrogens (tertiary/aromatic N) is 1. The molecule has 3 nitrogen and oxygen atoms in total. The Morgan fingerprint density at radius 2 is 2.00 bits per heavy atom. The van der Waals surface area contributed by atoms with Gasteiger partial charge in [0.25, 0.3) is 0 Å². The van der Waals surface area contributed by atoms with Gasteiger partial charge in [0.15, 0.2) is 0 Å². The second kappa shape index (κ2) is 6.92. The van der Waals surface area contributed by atoms with Crippen LogP contribution in [0.4, 0.5) is 0 Å². The third-order valence-electron chi connectivity index (χ3n) is 4.29. The standard InChI is InChI=1S/C16H26N2O/c1-13(18(2)15-8-10-17-11-9-15)12-14-6-4-5-7-16(14)19-3/h4-7,13,15,17H,8-12H2,1-3H3. The number of piperidine rings is 1. The van der Waals surface area contributed by atoms with Crippen molar-refractivity contribution in [1.29, 1.82) is 0 Å². The quantitative estimate of drug-likeness (QED) is 0.881. The van der Waals surface area contributed by atoms with E-state index in [-0.39, 0.29) is 0 Å². The van der Waals surface area contributed by atoms with Gasteiger partial charge in [-0.3, -0.25) is 0 Å². The van der Waals surface area contributed by atoms with Crippen molar-refractivity contribution in [3.8, 4) is 5.75 Å². The zero-order valence-electron chi connectivity index (χ0n) is 12.4. The van der Waals surface area contributed by atoms with Crippen LogP contribution in [0.15, 0.2) is 24.3 Å². The summed E-state index contributed by atoms with van der Waals surface area (Å²) in [6.07, 6.45) is 3.56. The molecule has 1 saturated heterocycles. The van der Waals surface area contributed by atoms with Crippen molar-refractivity contribution in [3.63, 3.8) is 0 Å². The number of nitrogens with one attached hydrogen (secondary N) is 1. The second-order valence-corrected chi connectivity index (χ2v) is 5.51. The summed E-state index contributed by atoms with van der Waals surface area (Å²) < 4.78 is 5.44. The molecule has 0 bridgehead atoms. The average molecular weight is 262 g/mol. The summed E-state index contributed by atoms with van der Waals surface area (Å²) in [5.41, 5.74) is 1.30. The number of ether oxygens (including phenoxy) is 1. The summed E-state index contributed by atoms with van der Waals surface area (Å²) in [7, 11) is 4.01. The third kappa shape index (κ3) is 3.71. The first kappa shape index (κ1) is 14.4. The smallest absolute Gasteiger partial charge is 0.122 e.